The molecule has 1 aromatic rings. The zero-order valence-corrected chi connectivity index (χ0v) is 14.8. The zero-order chi connectivity index (χ0) is 17.0. The van der Waals surface area contributed by atoms with Gasteiger partial charge in [-0.2, -0.15) is 12.7 Å². The Morgan fingerprint density at radius 1 is 1.09 bits per heavy atom. The fourth-order valence-corrected chi connectivity index (χ4v) is 3.88. The topological polar surface area (TPSA) is 60.9 Å². The minimum absolute atomic E-state index is 0.175. The van der Waals surface area contributed by atoms with Gasteiger partial charge in [0.25, 0.3) is 0 Å². The smallest absolute Gasteiger partial charge is 0.304 e. The molecule has 7 heteroatoms. The van der Waals surface area contributed by atoms with E-state index in [1.54, 1.807) is 36.2 Å². The van der Waals surface area contributed by atoms with Gasteiger partial charge >= 0.3 is 10.2 Å². The Morgan fingerprint density at radius 3 is 2.17 bits per heavy atom. The summed E-state index contributed by atoms with van der Waals surface area (Å²) in [4.78, 5) is 14.3. The van der Waals surface area contributed by atoms with Crippen molar-refractivity contribution in [1.29, 1.82) is 0 Å². The predicted octanol–water partition coefficient (Wildman–Crippen LogP) is 1.70. The lowest BCUT2D eigenvalue weighted by Crippen LogP contribution is -2.47. The van der Waals surface area contributed by atoms with Gasteiger partial charge < -0.3 is 4.90 Å². The van der Waals surface area contributed by atoms with Crippen molar-refractivity contribution in [1.82, 2.24) is 9.21 Å². The minimum Gasteiger partial charge on any atom is -0.341 e. The number of hydrogen-bond acceptors (Lipinski definition) is 3. The highest BCUT2D eigenvalue weighted by Crippen LogP contribution is 2.24. The van der Waals surface area contributed by atoms with Crippen molar-refractivity contribution in [2.75, 3.05) is 32.0 Å². The first-order chi connectivity index (χ1) is 10.8. The van der Waals surface area contributed by atoms with E-state index in [-0.39, 0.29) is 18.5 Å². The van der Waals surface area contributed by atoms with Crippen LogP contribution in [0.4, 0.5) is 5.69 Å². The average Bonchev–Trinajstić information content (AvgIpc) is 3.06. The summed E-state index contributed by atoms with van der Waals surface area (Å²) in [5.41, 5.74) is 0.495. The van der Waals surface area contributed by atoms with Crippen LogP contribution in [0, 0.1) is 0 Å². The maximum absolute atomic E-state index is 12.6. The number of carbonyl (C=O) groups is 1. The number of nitrogens with zero attached hydrogens (tertiary/aromatic N) is 3. The number of hydrogen-bond donors (Lipinski definition) is 0. The summed E-state index contributed by atoms with van der Waals surface area (Å²) in [7, 11) is 0.980. The van der Waals surface area contributed by atoms with Crippen molar-refractivity contribution in [2.45, 2.75) is 31.7 Å². The maximum atomic E-state index is 12.6. The van der Waals surface area contributed by atoms with E-state index < -0.39 is 10.2 Å². The molecular formula is C16H25N3O3S. The van der Waals surface area contributed by atoms with E-state index in [4.69, 9.17) is 0 Å². The summed E-state index contributed by atoms with van der Waals surface area (Å²) in [6.45, 7) is -0.183. The molecule has 0 bridgehead atoms. The maximum Gasteiger partial charge on any atom is 0.304 e. The third-order valence-corrected chi connectivity index (χ3v) is 6.15. The molecule has 2 rings (SSSR count). The molecule has 1 amide bonds. The highest BCUT2D eigenvalue weighted by molar-refractivity contribution is 7.90. The Balaban J connectivity index is 2.23. The summed E-state index contributed by atoms with van der Waals surface area (Å²) in [5, 5.41) is 0. The van der Waals surface area contributed by atoms with Gasteiger partial charge in [-0.25, -0.2) is 4.31 Å². The summed E-state index contributed by atoms with van der Waals surface area (Å²) in [6, 6.07) is 8.96. The Bertz CT molecular complexity index is 625. The van der Waals surface area contributed by atoms with E-state index in [1.807, 2.05) is 6.07 Å². The largest absolute Gasteiger partial charge is 0.341 e. The fourth-order valence-electron chi connectivity index (χ4n) is 2.83. The summed E-state index contributed by atoms with van der Waals surface area (Å²) in [5.74, 6) is -0.175. The first-order valence-corrected chi connectivity index (χ1v) is 9.24. The third kappa shape index (κ3) is 4.03. The summed E-state index contributed by atoms with van der Waals surface area (Å²) < 4.78 is 27.5. The molecule has 23 heavy (non-hydrogen) atoms. The molecule has 1 saturated carbocycles. The normalized spacial score (nSPS) is 15.8. The molecule has 128 valence electrons. The standard InChI is InChI=1S/C16H25N3O3S/c1-17(2)23(21,22)19(15-11-5-4-6-12-15)13-16(20)18(3)14-9-7-8-10-14/h4-6,11-12,14H,7-10,13H2,1-3H3. The van der Waals surface area contributed by atoms with Crippen LogP contribution in [0.1, 0.15) is 25.7 Å². The molecule has 1 aliphatic rings. The number of benzene rings is 1. The van der Waals surface area contributed by atoms with Crippen LogP contribution in [0.3, 0.4) is 0 Å². The number of rotatable bonds is 6. The van der Waals surface area contributed by atoms with E-state index in [9.17, 15) is 13.2 Å². The van der Waals surface area contributed by atoms with E-state index in [2.05, 4.69) is 0 Å². The Hall–Kier alpha value is -1.60. The molecule has 0 N–H and O–H groups in total. The van der Waals surface area contributed by atoms with Crippen molar-refractivity contribution in [3.05, 3.63) is 30.3 Å². The Morgan fingerprint density at radius 2 is 1.65 bits per heavy atom. The van der Waals surface area contributed by atoms with Crippen LogP contribution >= 0.6 is 0 Å². The van der Waals surface area contributed by atoms with Gasteiger partial charge in [-0.05, 0) is 25.0 Å². The van der Waals surface area contributed by atoms with Crippen LogP contribution in [0.5, 0.6) is 0 Å². The van der Waals surface area contributed by atoms with Crippen LogP contribution in [-0.2, 0) is 15.0 Å². The molecular weight excluding hydrogens is 314 g/mol. The molecule has 0 heterocycles. The predicted molar refractivity (Wildman–Crippen MR) is 91.4 cm³/mol. The number of amides is 1. The highest BCUT2D eigenvalue weighted by Gasteiger charge is 2.30. The lowest BCUT2D eigenvalue weighted by atomic mass is 10.2. The molecule has 1 aliphatic carbocycles. The van der Waals surface area contributed by atoms with Crippen LogP contribution in [0.15, 0.2) is 30.3 Å². The molecule has 0 aromatic heterocycles. The average molecular weight is 339 g/mol. The molecule has 0 unspecified atom stereocenters. The van der Waals surface area contributed by atoms with Crippen LogP contribution in [-0.4, -0.2) is 57.3 Å². The van der Waals surface area contributed by atoms with Gasteiger partial charge in [0, 0.05) is 27.2 Å². The number of carbonyl (C=O) groups excluding carboxylic acids is 1. The first-order valence-electron chi connectivity index (χ1n) is 7.85. The molecule has 0 saturated heterocycles. The first kappa shape index (κ1) is 17.7. The lowest BCUT2D eigenvalue weighted by molar-refractivity contribution is -0.130. The molecule has 0 spiro atoms. The third-order valence-electron chi connectivity index (χ3n) is 4.33. The minimum atomic E-state index is -3.72. The van der Waals surface area contributed by atoms with Crippen LogP contribution in [0.25, 0.3) is 0 Å². The second kappa shape index (κ2) is 7.31. The van der Waals surface area contributed by atoms with Gasteiger partial charge in [0.2, 0.25) is 5.91 Å². The highest BCUT2D eigenvalue weighted by atomic mass is 32.2. The van der Waals surface area contributed by atoms with Gasteiger partial charge in [0.05, 0.1) is 5.69 Å². The van der Waals surface area contributed by atoms with E-state index in [0.717, 1.165) is 30.0 Å². The van der Waals surface area contributed by atoms with Gasteiger partial charge in [-0.1, -0.05) is 31.0 Å². The zero-order valence-electron chi connectivity index (χ0n) is 14.0. The second-order valence-electron chi connectivity index (χ2n) is 6.08. The van der Waals surface area contributed by atoms with Crippen LogP contribution in [0.2, 0.25) is 0 Å². The number of anilines is 1. The van der Waals surface area contributed by atoms with Gasteiger partial charge in [0.15, 0.2) is 0 Å². The van der Waals surface area contributed by atoms with E-state index in [0.29, 0.717) is 5.69 Å². The molecule has 0 atom stereocenters. The SMILES string of the molecule is CN(C(=O)CN(c1ccccc1)S(=O)(=O)N(C)C)C1CCCC1. The number of likely N-dealkylation sites (N-methyl/N-ethyl adjacent to an activating group) is 1. The fraction of sp³-hybridized carbons (Fsp3) is 0.562. The van der Waals surface area contributed by atoms with E-state index in [1.165, 1.54) is 18.4 Å². The molecule has 6 nitrogen and oxygen atoms in total. The van der Waals surface area contributed by atoms with Crippen molar-refractivity contribution in [2.24, 2.45) is 0 Å². The second-order valence-corrected chi connectivity index (χ2v) is 8.14. The van der Waals surface area contributed by atoms with Crippen molar-refractivity contribution in [3.8, 4) is 0 Å². The van der Waals surface area contributed by atoms with Crippen molar-refractivity contribution in [3.63, 3.8) is 0 Å². The summed E-state index contributed by atoms with van der Waals surface area (Å²) >= 11 is 0. The number of para-hydroxylation sites is 1. The molecule has 0 radical (unpaired) electrons. The quantitative estimate of drug-likeness (QED) is 0.792. The van der Waals surface area contributed by atoms with Crippen molar-refractivity contribution < 1.29 is 13.2 Å². The van der Waals surface area contributed by atoms with E-state index >= 15 is 0 Å². The van der Waals surface area contributed by atoms with Crippen LogP contribution < -0.4 is 4.31 Å². The van der Waals surface area contributed by atoms with Gasteiger partial charge in [-0.15, -0.1) is 0 Å². The van der Waals surface area contributed by atoms with Gasteiger partial charge in [0.1, 0.15) is 6.54 Å². The lowest BCUT2D eigenvalue weighted by Gasteiger charge is -2.30. The molecule has 1 aromatic carbocycles. The molecule has 1 fully saturated rings. The Labute approximate surface area is 138 Å². The monoisotopic (exact) mass is 339 g/mol. The van der Waals surface area contributed by atoms with Crippen molar-refractivity contribution >= 4 is 21.8 Å². The summed E-state index contributed by atoms with van der Waals surface area (Å²) in [6.07, 6.45) is 4.24. The van der Waals surface area contributed by atoms with Gasteiger partial charge in [-0.3, -0.25) is 4.79 Å². The molecule has 0 aliphatic heterocycles. The Kier molecular flexibility index (Phi) is 5.64.